The Labute approximate surface area is 114 Å². The number of rotatable bonds is 6. The van der Waals surface area contributed by atoms with Gasteiger partial charge in [-0.1, -0.05) is 12.2 Å². The van der Waals surface area contributed by atoms with E-state index in [1.165, 1.54) is 0 Å². The van der Waals surface area contributed by atoms with Crippen LogP contribution in [0.15, 0.2) is 30.4 Å². The maximum absolute atomic E-state index is 10.3. The van der Waals surface area contributed by atoms with E-state index in [2.05, 4.69) is 17.5 Å². The lowest BCUT2D eigenvalue weighted by Crippen LogP contribution is -2.30. The van der Waals surface area contributed by atoms with Crippen molar-refractivity contribution in [1.29, 1.82) is 0 Å². The van der Waals surface area contributed by atoms with Crippen LogP contribution in [-0.4, -0.2) is 31.9 Å². The molecule has 0 fully saturated rings. The zero-order chi connectivity index (χ0) is 13.7. The highest BCUT2D eigenvalue weighted by molar-refractivity contribution is 5.41. The summed E-state index contributed by atoms with van der Waals surface area (Å²) in [7, 11) is 3.22. The van der Waals surface area contributed by atoms with Gasteiger partial charge in [0, 0.05) is 18.2 Å². The van der Waals surface area contributed by atoms with Crippen molar-refractivity contribution in [3.63, 3.8) is 0 Å². The number of ether oxygens (including phenoxy) is 2. The lowest BCUT2D eigenvalue weighted by Gasteiger charge is -2.19. The third-order valence-electron chi connectivity index (χ3n) is 3.40. The highest BCUT2D eigenvalue weighted by atomic mass is 16.5. The number of hydrogen-bond acceptors (Lipinski definition) is 4. The quantitative estimate of drug-likeness (QED) is 0.771. The first-order chi connectivity index (χ1) is 9.24. The van der Waals surface area contributed by atoms with Gasteiger partial charge in [-0.2, -0.15) is 0 Å². The average molecular weight is 263 g/mol. The largest absolute Gasteiger partial charge is 0.497 e. The zero-order valence-corrected chi connectivity index (χ0v) is 11.4. The summed E-state index contributed by atoms with van der Waals surface area (Å²) in [6.45, 7) is 0.510. The Morgan fingerprint density at radius 2 is 2.00 bits per heavy atom. The van der Waals surface area contributed by atoms with Gasteiger partial charge >= 0.3 is 0 Å². The minimum atomic E-state index is -0.606. The van der Waals surface area contributed by atoms with E-state index in [-0.39, 0.29) is 0 Å². The van der Waals surface area contributed by atoms with Crippen LogP contribution in [0.2, 0.25) is 0 Å². The highest BCUT2D eigenvalue weighted by Gasteiger charge is 2.17. The molecule has 1 aliphatic rings. The summed E-state index contributed by atoms with van der Waals surface area (Å²) < 4.78 is 10.5. The van der Waals surface area contributed by atoms with E-state index in [0.717, 1.165) is 24.2 Å². The summed E-state index contributed by atoms with van der Waals surface area (Å²) in [6, 6.07) is 5.89. The molecule has 0 aromatic heterocycles. The Balaban J connectivity index is 2.01. The summed E-state index contributed by atoms with van der Waals surface area (Å²) >= 11 is 0. The Kier molecular flexibility index (Phi) is 4.82. The molecule has 0 heterocycles. The summed E-state index contributed by atoms with van der Waals surface area (Å²) in [4.78, 5) is 0. The van der Waals surface area contributed by atoms with E-state index in [1.807, 2.05) is 18.2 Å². The number of aliphatic hydroxyl groups is 1. The molecule has 1 atom stereocenters. The predicted octanol–water partition coefficient (Wildman–Crippen LogP) is 2.05. The first-order valence-electron chi connectivity index (χ1n) is 6.53. The molecule has 1 aromatic rings. The van der Waals surface area contributed by atoms with Gasteiger partial charge in [0.2, 0.25) is 0 Å². The molecule has 2 rings (SSSR count). The smallest absolute Gasteiger partial charge is 0.124 e. The number of aliphatic hydroxyl groups excluding tert-OH is 1. The Hall–Kier alpha value is -1.52. The van der Waals surface area contributed by atoms with Crippen LogP contribution in [0.4, 0.5) is 0 Å². The van der Waals surface area contributed by atoms with Crippen molar-refractivity contribution in [2.75, 3.05) is 20.8 Å². The molecule has 1 aromatic carbocycles. The SMILES string of the molecule is COc1ccc(OC)c(C(O)CNC2CC=CC2)c1. The van der Waals surface area contributed by atoms with Gasteiger partial charge in [0.15, 0.2) is 0 Å². The van der Waals surface area contributed by atoms with Crippen LogP contribution in [-0.2, 0) is 0 Å². The molecular formula is C15H21NO3. The van der Waals surface area contributed by atoms with E-state index in [4.69, 9.17) is 9.47 Å². The monoisotopic (exact) mass is 263 g/mol. The average Bonchev–Trinajstić information content (AvgIpc) is 2.97. The molecule has 0 aliphatic heterocycles. The van der Waals surface area contributed by atoms with Gasteiger partial charge in [-0.25, -0.2) is 0 Å². The van der Waals surface area contributed by atoms with Gasteiger partial charge in [0.1, 0.15) is 11.5 Å². The molecule has 1 aliphatic carbocycles. The van der Waals surface area contributed by atoms with Crippen molar-refractivity contribution < 1.29 is 14.6 Å². The van der Waals surface area contributed by atoms with Crippen molar-refractivity contribution in [3.8, 4) is 11.5 Å². The number of hydrogen-bond donors (Lipinski definition) is 2. The third-order valence-corrected chi connectivity index (χ3v) is 3.40. The lowest BCUT2D eigenvalue weighted by molar-refractivity contribution is 0.166. The molecule has 0 bridgehead atoms. The topological polar surface area (TPSA) is 50.7 Å². The molecule has 2 N–H and O–H groups in total. The number of methoxy groups -OCH3 is 2. The standard InChI is InChI=1S/C15H21NO3/c1-18-12-7-8-15(19-2)13(9-12)14(17)10-16-11-5-3-4-6-11/h3-4,7-9,11,14,16-17H,5-6,10H2,1-2H3. The molecule has 4 nitrogen and oxygen atoms in total. The van der Waals surface area contributed by atoms with Crippen LogP contribution in [0.3, 0.4) is 0 Å². The van der Waals surface area contributed by atoms with Crippen LogP contribution in [0.1, 0.15) is 24.5 Å². The Bertz CT molecular complexity index is 437. The number of nitrogens with one attached hydrogen (secondary N) is 1. The predicted molar refractivity (Wildman–Crippen MR) is 74.7 cm³/mol. The van der Waals surface area contributed by atoms with Gasteiger partial charge in [-0.3, -0.25) is 0 Å². The summed E-state index contributed by atoms with van der Waals surface area (Å²) in [5.74, 6) is 1.40. The summed E-state index contributed by atoms with van der Waals surface area (Å²) in [5.41, 5.74) is 0.750. The minimum Gasteiger partial charge on any atom is -0.497 e. The molecule has 0 saturated carbocycles. The highest BCUT2D eigenvalue weighted by Crippen LogP contribution is 2.29. The van der Waals surface area contributed by atoms with Crippen LogP contribution in [0.5, 0.6) is 11.5 Å². The van der Waals surface area contributed by atoms with Gasteiger partial charge in [-0.15, -0.1) is 0 Å². The molecule has 0 spiro atoms. The van der Waals surface area contributed by atoms with Crippen molar-refractivity contribution in [2.45, 2.75) is 25.0 Å². The second kappa shape index (κ2) is 6.59. The van der Waals surface area contributed by atoms with Crippen LogP contribution >= 0.6 is 0 Å². The van der Waals surface area contributed by atoms with E-state index in [1.54, 1.807) is 14.2 Å². The molecule has 104 valence electrons. The fourth-order valence-corrected chi connectivity index (χ4v) is 2.27. The van der Waals surface area contributed by atoms with Crippen LogP contribution in [0, 0.1) is 0 Å². The second-order valence-corrected chi connectivity index (χ2v) is 4.67. The van der Waals surface area contributed by atoms with Crippen molar-refractivity contribution >= 4 is 0 Å². The third kappa shape index (κ3) is 3.49. The Morgan fingerprint density at radius 1 is 1.26 bits per heavy atom. The van der Waals surface area contributed by atoms with Gasteiger partial charge in [0.25, 0.3) is 0 Å². The maximum atomic E-state index is 10.3. The minimum absolute atomic E-state index is 0.436. The van der Waals surface area contributed by atoms with Crippen molar-refractivity contribution in [1.82, 2.24) is 5.32 Å². The number of benzene rings is 1. The van der Waals surface area contributed by atoms with Gasteiger partial charge < -0.3 is 19.9 Å². The van der Waals surface area contributed by atoms with E-state index < -0.39 is 6.10 Å². The second-order valence-electron chi connectivity index (χ2n) is 4.67. The molecule has 0 saturated heterocycles. The molecule has 0 radical (unpaired) electrons. The fraction of sp³-hybridized carbons (Fsp3) is 0.467. The first kappa shape index (κ1) is 13.9. The van der Waals surface area contributed by atoms with Gasteiger partial charge in [-0.05, 0) is 31.0 Å². The fourth-order valence-electron chi connectivity index (χ4n) is 2.27. The molecule has 4 heteroatoms. The van der Waals surface area contributed by atoms with Crippen molar-refractivity contribution in [2.24, 2.45) is 0 Å². The molecule has 1 unspecified atom stereocenters. The molecular weight excluding hydrogens is 242 g/mol. The van der Waals surface area contributed by atoms with Crippen molar-refractivity contribution in [3.05, 3.63) is 35.9 Å². The van der Waals surface area contributed by atoms with Crippen LogP contribution in [0.25, 0.3) is 0 Å². The normalized spacial score (nSPS) is 16.6. The van der Waals surface area contributed by atoms with E-state index >= 15 is 0 Å². The Morgan fingerprint density at radius 3 is 2.63 bits per heavy atom. The molecule has 19 heavy (non-hydrogen) atoms. The van der Waals surface area contributed by atoms with E-state index in [9.17, 15) is 5.11 Å². The zero-order valence-electron chi connectivity index (χ0n) is 11.4. The summed E-state index contributed by atoms with van der Waals surface area (Å²) in [6.07, 6.45) is 5.78. The van der Waals surface area contributed by atoms with Gasteiger partial charge in [0.05, 0.1) is 20.3 Å². The summed E-state index contributed by atoms with van der Waals surface area (Å²) in [5, 5.41) is 13.7. The first-order valence-corrected chi connectivity index (χ1v) is 6.53. The lowest BCUT2D eigenvalue weighted by atomic mass is 10.1. The van der Waals surface area contributed by atoms with E-state index in [0.29, 0.717) is 18.3 Å². The maximum Gasteiger partial charge on any atom is 0.124 e. The molecule has 0 amide bonds. The van der Waals surface area contributed by atoms with Crippen LogP contribution < -0.4 is 14.8 Å².